The van der Waals surface area contributed by atoms with Crippen LogP contribution in [0.1, 0.15) is 0 Å². The van der Waals surface area contributed by atoms with Crippen molar-refractivity contribution in [1.29, 1.82) is 0 Å². The molecule has 0 aromatic heterocycles. The first-order chi connectivity index (χ1) is 7.35. The zero-order chi connectivity index (χ0) is 10.7. The number of carbonyl (C=O) groups excluding carboxylic acids is 1. The van der Waals surface area contributed by atoms with Gasteiger partial charge in [-0.15, -0.1) is 0 Å². The van der Waals surface area contributed by atoms with Crippen LogP contribution in [0.4, 0.5) is 5.69 Å². The number of fused-ring (bicyclic) bond motifs is 1. The Labute approximate surface area is 87.0 Å². The lowest BCUT2D eigenvalue weighted by Crippen LogP contribution is -1.82. The van der Waals surface area contributed by atoms with Gasteiger partial charge in [-0.1, -0.05) is 18.2 Å². The molecule has 0 heterocycles. The highest BCUT2D eigenvalue weighted by molar-refractivity contribution is 5.94. The summed E-state index contributed by atoms with van der Waals surface area (Å²) < 4.78 is 5.12. The fourth-order valence-electron chi connectivity index (χ4n) is 1.51. The van der Waals surface area contributed by atoms with Crippen LogP contribution in [-0.2, 0) is 4.79 Å². The highest BCUT2D eigenvalue weighted by atomic mass is 16.5. The van der Waals surface area contributed by atoms with Gasteiger partial charge in [0.15, 0.2) is 0 Å². The van der Waals surface area contributed by atoms with Gasteiger partial charge < -0.3 is 4.74 Å². The maximum absolute atomic E-state index is 10.2. The van der Waals surface area contributed by atoms with Crippen LogP contribution in [0, 0.1) is 0 Å². The van der Waals surface area contributed by atoms with Crippen LogP contribution in [0.3, 0.4) is 0 Å². The first-order valence-corrected chi connectivity index (χ1v) is 4.50. The first kappa shape index (κ1) is 9.44. The van der Waals surface area contributed by atoms with Crippen molar-refractivity contribution in [2.45, 2.75) is 0 Å². The average molecular weight is 199 g/mol. The highest BCUT2D eigenvalue weighted by Crippen LogP contribution is 2.28. The topological polar surface area (TPSA) is 38.7 Å². The average Bonchev–Trinajstić information content (AvgIpc) is 2.29. The van der Waals surface area contributed by atoms with Gasteiger partial charge in [0, 0.05) is 5.39 Å². The van der Waals surface area contributed by atoms with Gasteiger partial charge in [-0.05, 0) is 23.6 Å². The van der Waals surface area contributed by atoms with Crippen LogP contribution in [0.2, 0.25) is 0 Å². The van der Waals surface area contributed by atoms with E-state index in [1.165, 1.54) is 0 Å². The molecule has 2 aromatic carbocycles. The molecule has 0 saturated heterocycles. The molecule has 0 aliphatic rings. The van der Waals surface area contributed by atoms with E-state index < -0.39 is 0 Å². The number of hydrogen-bond donors (Lipinski definition) is 0. The number of benzene rings is 2. The third-order valence-electron chi connectivity index (χ3n) is 2.23. The summed E-state index contributed by atoms with van der Waals surface area (Å²) in [4.78, 5) is 13.9. The predicted molar refractivity (Wildman–Crippen MR) is 58.3 cm³/mol. The van der Waals surface area contributed by atoms with Crippen LogP contribution in [-0.4, -0.2) is 13.2 Å². The molecular weight excluding hydrogens is 190 g/mol. The molecule has 0 atom stereocenters. The summed E-state index contributed by atoms with van der Waals surface area (Å²) in [5, 5.41) is 1.91. The van der Waals surface area contributed by atoms with Crippen molar-refractivity contribution in [1.82, 2.24) is 0 Å². The van der Waals surface area contributed by atoms with Gasteiger partial charge in [0.1, 0.15) is 5.75 Å². The molecular formula is C12H9NO2. The van der Waals surface area contributed by atoms with Gasteiger partial charge in [0.2, 0.25) is 6.08 Å². The van der Waals surface area contributed by atoms with Gasteiger partial charge >= 0.3 is 0 Å². The lowest BCUT2D eigenvalue weighted by Gasteiger charge is -2.03. The van der Waals surface area contributed by atoms with Gasteiger partial charge in [-0.2, -0.15) is 4.99 Å². The summed E-state index contributed by atoms with van der Waals surface area (Å²) in [5.74, 6) is 0.746. The zero-order valence-corrected chi connectivity index (χ0v) is 8.23. The van der Waals surface area contributed by atoms with Gasteiger partial charge in [0.25, 0.3) is 0 Å². The standard InChI is InChI=1S/C12H9NO2/c1-15-10-6-5-9-3-2-4-12(13-8-14)11(9)7-10/h2-7H,1H3. The summed E-state index contributed by atoms with van der Waals surface area (Å²) >= 11 is 0. The summed E-state index contributed by atoms with van der Waals surface area (Å²) in [6.07, 6.45) is 1.55. The maximum Gasteiger partial charge on any atom is 0.240 e. The number of ether oxygens (including phenoxy) is 1. The Morgan fingerprint density at radius 2 is 2.13 bits per heavy atom. The molecule has 3 nitrogen and oxygen atoms in total. The van der Waals surface area contributed by atoms with E-state index in [1.807, 2.05) is 30.3 Å². The largest absolute Gasteiger partial charge is 0.497 e. The number of nitrogens with zero attached hydrogens (tertiary/aromatic N) is 1. The van der Waals surface area contributed by atoms with Crippen molar-refractivity contribution >= 4 is 22.5 Å². The maximum atomic E-state index is 10.2. The molecule has 15 heavy (non-hydrogen) atoms. The number of isocyanates is 1. The summed E-state index contributed by atoms with van der Waals surface area (Å²) in [6, 6.07) is 11.2. The van der Waals surface area contributed by atoms with Crippen molar-refractivity contribution in [3.63, 3.8) is 0 Å². The van der Waals surface area contributed by atoms with E-state index in [1.54, 1.807) is 19.3 Å². The Morgan fingerprint density at radius 1 is 1.27 bits per heavy atom. The van der Waals surface area contributed by atoms with E-state index >= 15 is 0 Å². The molecule has 74 valence electrons. The van der Waals surface area contributed by atoms with Crippen molar-refractivity contribution < 1.29 is 9.53 Å². The Kier molecular flexibility index (Phi) is 2.48. The normalized spacial score (nSPS) is 9.67. The van der Waals surface area contributed by atoms with Crippen LogP contribution in [0.25, 0.3) is 10.8 Å². The second-order valence-electron chi connectivity index (χ2n) is 3.07. The van der Waals surface area contributed by atoms with E-state index in [0.717, 1.165) is 16.5 Å². The van der Waals surface area contributed by atoms with E-state index in [2.05, 4.69) is 4.99 Å². The summed E-state index contributed by atoms with van der Waals surface area (Å²) in [7, 11) is 1.60. The van der Waals surface area contributed by atoms with E-state index in [0.29, 0.717) is 5.69 Å². The van der Waals surface area contributed by atoms with Crippen molar-refractivity contribution in [3.05, 3.63) is 36.4 Å². The fourth-order valence-corrected chi connectivity index (χ4v) is 1.51. The molecule has 0 saturated carbocycles. The molecule has 0 spiro atoms. The lowest BCUT2D eigenvalue weighted by atomic mass is 10.1. The molecule has 0 aliphatic heterocycles. The quantitative estimate of drug-likeness (QED) is 0.551. The molecule has 0 fully saturated rings. The second kappa shape index (κ2) is 3.95. The predicted octanol–water partition coefficient (Wildman–Crippen LogP) is 2.82. The van der Waals surface area contributed by atoms with Crippen molar-refractivity contribution in [2.75, 3.05) is 7.11 Å². The van der Waals surface area contributed by atoms with Gasteiger partial charge in [-0.3, -0.25) is 0 Å². The number of aliphatic imine (C=N–C) groups is 1. The third kappa shape index (κ3) is 1.73. The van der Waals surface area contributed by atoms with Crippen molar-refractivity contribution in [2.24, 2.45) is 4.99 Å². The number of hydrogen-bond acceptors (Lipinski definition) is 3. The molecule has 0 aliphatic carbocycles. The minimum Gasteiger partial charge on any atom is -0.497 e. The molecule has 0 unspecified atom stereocenters. The van der Waals surface area contributed by atoms with E-state index in [4.69, 9.17) is 4.74 Å². The Morgan fingerprint density at radius 3 is 2.87 bits per heavy atom. The summed E-state index contributed by atoms with van der Waals surface area (Å²) in [5.41, 5.74) is 0.612. The Balaban J connectivity index is 2.75. The van der Waals surface area contributed by atoms with Crippen LogP contribution in [0.15, 0.2) is 41.4 Å². The minimum absolute atomic E-state index is 0.612. The molecule has 0 amide bonds. The smallest absolute Gasteiger partial charge is 0.240 e. The SMILES string of the molecule is COc1ccc2cccc(N=C=O)c2c1. The van der Waals surface area contributed by atoms with E-state index in [-0.39, 0.29) is 0 Å². The van der Waals surface area contributed by atoms with Crippen molar-refractivity contribution in [3.8, 4) is 5.75 Å². The molecule has 2 rings (SSSR count). The molecule has 0 radical (unpaired) electrons. The van der Waals surface area contributed by atoms with E-state index in [9.17, 15) is 4.79 Å². The molecule has 2 aromatic rings. The number of methoxy groups -OCH3 is 1. The monoisotopic (exact) mass is 199 g/mol. The molecule has 3 heteroatoms. The lowest BCUT2D eigenvalue weighted by molar-refractivity contribution is 0.415. The molecule has 0 N–H and O–H groups in total. The van der Waals surface area contributed by atoms with Gasteiger partial charge in [-0.25, -0.2) is 4.79 Å². The minimum atomic E-state index is 0.612. The summed E-state index contributed by atoms with van der Waals surface area (Å²) in [6.45, 7) is 0. The number of rotatable bonds is 2. The molecule has 0 bridgehead atoms. The zero-order valence-electron chi connectivity index (χ0n) is 8.23. The first-order valence-electron chi connectivity index (χ1n) is 4.50. The van der Waals surface area contributed by atoms with Crippen LogP contribution in [0.5, 0.6) is 5.75 Å². The van der Waals surface area contributed by atoms with Gasteiger partial charge in [0.05, 0.1) is 12.8 Å². The highest BCUT2D eigenvalue weighted by Gasteiger charge is 2.00. The van der Waals surface area contributed by atoms with Crippen LogP contribution < -0.4 is 4.74 Å². The Bertz CT molecular complexity index is 542. The fraction of sp³-hybridized carbons (Fsp3) is 0.0833. The second-order valence-corrected chi connectivity index (χ2v) is 3.07. The Hall–Kier alpha value is -2.12. The van der Waals surface area contributed by atoms with Crippen LogP contribution >= 0.6 is 0 Å². The third-order valence-corrected chi connectivity index (χ3v) is 2.23.